The number of carbonyl (C=O) groups excluding carboxylic acids is 2. The second-order valence-electron chi connectivity index (χ2n) is 3.02. The van der Waals surface area contributed by atoms with Gasteiger partial charge >= 0.3 is 5.97 Å². The number of ketones is 1. The number of hydrogen-bond acceptors (Lipinski definition) is 4. The maximum Gasteiger partial charge on any atom is 0.313 e. The Morgan fingerprint density at radius 1 is 1.31 bits per heavy atom. The molecule has 16 heavy (non-hydrogen) atoms. The number of halogens is 1. The highest BCUT2D eigenvalue weighted by Crippen LogP contribution is 2.24. The Bertz CT molecular complexity index is 414. The SMILES string of the molecule is COC(=O)CC(=O)c1cc(Br)ccc1OC. The summed E-state index contributed by atoms with van der Waals surface area (Å²) in [7, 11) is 2.71. The first kappa shape index (κ1) is 12.7. The molecule has 0 heterocycles. The molecule has 0 spiro atoms. The van der Waals surface area contributed by atoms with E-state index in [2.05, 4.69) is 20.7 Å². The zero-order valence-corrected chi connectivity index (χ0v) is 10.5. The van der Waals surface area contributed by atoms with Crippen molar-refractivity contribution in [2.45, 2.75) is 6.42 Å². The summed E-state index contributed by atoms with van der Waals surface area (Å²) < 4.78 is 10.2. The van der Waals surface area contributed by atoms with Crippen LogP contribution in [-0.2, 0) is 9.53 Å². The van der Waals surface area contributed by atoms with Gasteiger partial charge in [0.2, 0.25) is 0 Å². The number of Topliss-reactive ketones (excluding diaryl/α,β-unsaturated/α-hetero) is 1. The van der Waals surface area contributed by atoms with Crippen molar-refractivity contribution >= 4 is 27.7 Å². The van der Waals surface area contributed by atoms with Crippen LogP contribution in [0.2, 0.25) is 0 Å². The number of esters is 1. The Hall–Kier alpha value is -1.36. The first-order valence-corrected chi connectivity index (χ1v) is 5.31. The molecular formula is C11H11BrO4. The zero-order chi connectivity index (χ0) is 12.1. The molecule has 0 bridgehead atoms. The molecule has 1 aromatic rings. The maximum atomic E-state index is 11.7. The second kappa shape index (κ2) is 5.65. The summed E-state index contributed by atoms with van der Waals surface area (Å²) in [6, 6.07) is 5.03. The van der Waals surface area contributed by atoms with Crippen molar-refractivity contribution in [3.8, 4) is 5.75 Å². The highest BCUT2D eigenvalue weighted by Gasteiger charge is 2.16. The number of rotatable bonds is 4. The molecule has 86 valence electrons. The van der Waals surface area contributed by atoms with Gasteiger partial charge in [-0.1, -0.05) is 15.9 Å². The molecule has 0 aliphatic rings. The molecule has 0 fully saturated rings. The summed E-state index contributed by atoms with van der Waals surface area (Å²) in [5.74, 6) is -0.450. The van der Waals surface area contributed by atoms with Gasteiger partial charge in [0, 0.05) is 4.47 Å². The van der Waals surface area contributed by atoms with E-state index in [-0.39, 0.29) is 12.2 Å². The third-order valence-electron chi connectivity index (χ3n) is 1.99. The predicted octanol–water partition coefficient (Wildman–Crippen LogP) is 2.20. The molecule has 0 amide bonds. The van der Waals surface area contributed by atoms with Crippen LogP contribution in [0.3, 0.4) is 0 Å². The van der Waals surface area contributed by atoms with Gasteiger partial charge in [0.15, 0.2) is 5.78 Å². The van der Waals surface area contributed by atoms with E-state index >= 15 is 0 Å². The number of ether oxygens (including phenoxy) is 2. The van der Waals surface area contributed by atoms with Gasteiger partial charge < -0.3 is 9.47 Å². The van der Waals surface area contributed by atoms with E-state index in [1.807, 2.05) is 0 Å². The first-order valence-electron chi connectivity index (χ1n) is 4.52. The lowest BCUT2D eigenvalue weighted by Gasteiger charge is -2.07. The molecule has 0 aliphatic carbocycles. The van der Waals surface area contributed by atoms with Gasteiger partial charge in [0.25, 0.3) is 0 Å². The van der Waals surface area contributed by atoms with Crippen molar-refractivity contribution in [2.24, 2.45) is 0 Å². The molecule has 1 rings (SSSR count). The molecule has 0 atom stereocenters. The molecule has 0 saturated carbocycles. The smallest absolute Gasteiger partial charge is 0.313 e. The average molecular weight is 287 g/mol. The third kappa shape index (κ3) is 3.06. The molecule has 0 aliphatic heterocycles. The lowest BCUT2D eigenvalue weighted by molar-refractivity contribution is -0.139. The molecule has 5 heteroatoms. The summed E-state index contributed by atoms with van der Waals surface area (Å²) in [5.41, 5.74) is 0.363. The van der Waals surface area contributed by atoms with Crippen LogP contribution in [0.25, 0.3) is 0 Å². The van der Waals surface area contributed by atoms with Gasteiger partial charge in [-0.3, -0.25) is 9.59 Å². The van der Waals surface area contributed by atoms with Crippen LogP contribution in [-0.4, -0.2) is 26.0 Å². The monoisotopic (exact) mass is 286 g/mol. The van der Waals surface area contributed by atoms with E-state index in [0.717, 1.165) is 4.47 Å². The Morgan fingerprint density at radius 3 is 2.56 bits per heavy atom. The Kier molecular flexibility index (Phi) is 4.49. The maximum absolute atomic E-state index is 11.7. The lowest BCUT2D eigenvalue weighted by atomic mass is 10.1. The molecule has 4 nitrogen and oxygen atoms in total. The molecule has 1 aromatic carbocycles. The van der Waals surface area contributed by atoms with Crippen LogP contribution in [0.15, 0.2) is 22.7 Å². The van der Waals surface area contributed by atoms with E-state index in [4.69, 9.17) is 4.74 Å². The van der Waals surface area contributed by atoms with Crippen LogP contribution in [0.4, 0.5) is 0 Å². The fourth-order valence-corrected chi connectivity index (χ4v) is 1.56. The topological polar surface area (TPSA) is 52.6 Å². The number of benzene rings is 1. The molecule has 0 radical (unpaired) electrons. The Morgan fingerprint density at radius 2 is 2.00 bits per heavy atom. The zero-order valence-electron chi connectivity index (χ0n) is 8.95. The summed E-state index contributed by atoms with van der Waals surface area (Å²) >= 11 is 3.25. The van der Waals surface area contributed by atoms with Crippen molar-refractivity contribution in [1.29, 1.82) is 0 Å². The summed E-state index contributed by atoms with van der Waals surface area (Å²) in [6.45, 7) is 0. The van der Waals surface area contributed by atoms with Crippen molar-refractivity contribution in [2.75, 3.05) is 14.2 Å². The highest BCUT2D eigenvalue weighted by molar-refractivity contribution is 9.10. The van der Waals surface area contributed by atoms with E-state index in [1.165, 1.54) is 14.2 Å². The van der Waals surface area contributed by atoms with Gasteiger partial charge in [-0.05, 0) is 18.2 Å². The molecule has 0 N–H and O–H groups in total. The average Bonchev–Trinajstić information content (AvgIpc) is 2.28. The molecule has 0 aromatic heterocycles. The van der Waals surface area contributed by atoms with Gasteiger partial charge in [0.05, 0.1) is 19.8 Å². The first-order chi connectivity index (χ1) is 7.58. The third-order valence-corrected chi connectivity index (χ3v) is 2.49. The normalized spacial score (nSPS) is 9.69. The summed E-state index contributed by atoms with van der Waals surface area (Å²) in [5, 5.41) is 0. The van der Waals surface area contributed by atoms with Crippen molar-refractivity contribution in [3.05, 3.63) is 28.2 Å². The van der Waals surface area contributed by atoms with Gasteiger partial charge in [-0.25, -0.2) is 0 Å². The van der Waals surface area contributed by atoms with Gasteiger partial charge in [-0.2, -0.15) is 0 Å². The Balaban J connectivity index is 2.97. The number of methoxy groups -OCH3 is 2. The fraction of sp³-hybridized carbons (Fsp3) is 0.273. The fourth-order valence-electron chi connectivity index (χ4n) is 1.20. The summed E-state index contributed by atoms with van der Waals surface area (Å²) in [4.78, 5) is 22.7. The second-order valence-corrected chi connectivity index (χ2v) is 3.94. The highest BCUT2D eigenvalue weighted by atomic mass is 79.9. The minimum Gasteiger partial charge on any atom is -0.496 e. The van der Waals surface area contributed by atoms with E-state index in [0.29, 0.717) is 11.3 Å². The van der Waals surface area contributed by atoms with Gasteiger partial charge in [-0.15, -0.1) is 0 Å². The quantitative estimate of drug-likeness (QED) is 0.484. The van der Waals surface area contributed by atoms with E-state index in [9.17, 15) is 9.59 Å². The molecular weight excluding hydrogens is 276 g/mol. The van der Waals surface area contributed by atoms with Crippen LogP contribution in [0, 0.1) is 0 Å². The minimum atomic E-state index is -0.563. The van der Waals surface area contributed by atoms with Crippen molar-refractivity contribution in [1.82, 2.24) is 0 Å². The van der Waals surface area contributed by atoms with Crippen molar-refractivity contribution < 1.29 is 19.1 Å². The Labute approximate surface area is 102 Å². The van der Waals surface area contributed by atoms with Gasteiger partial charge in [0.1, 0.15) is 12.2 Å². The van der Waals surface area contributed by atoms with Crippen LogP contribution >= 0.6 is 15.9 Å². The van der Waals surface area contributed by atoms with Crippen LogP contribution < -0.4 is 4.74 Å². The standard InChI is InChI=1S/C11H11BrO4/c1-15-10-4-3-7(12)5-8(10)9(13)6-11(14)16-2/h3-5H,6H2,1-2H3. The largest absolute Gasteiger partial charge is 0.496 e. The number of carbonyl (C=O) groups is 2. The van der Waals surface area contributed by atoms with E-state index < -0.39 is 5.97 Å². The van der Waals surface area contributed by atoms with E-state index in [1.54, 1.807) is 18.2 Å². The number of hydrogen-bond donors (Lipinski definition) is 0. The predicted molar refractivity (Wildman–Crippen MR) is 61.7 cm³/mol. The lowest BCUT2D eigenvalue weighted by Crippen LogP contribution is -2.10. The molecule has 0 unspecified atom stereocenters. The van der Waals surface area contributed by atoms with Crippen LogP contribution in [0.1, 0.15) is 16.8 Å². The van der Waals surface area contributed by atoms with Crippen molar-refractivity contribution in [3.63, 3.8) is 0 Å². The molecule has 0 saturated heterocycles. The minimum absolute atomic E-state index is 0.288. The van der Waals surface area contributed by atoms with Crippen LogP contribution in [0.5, 0.6) is 5.75 Å². The summed E-state index contributed by atoms with van der Waals surface area (Å²) in [6.07, 6.45) is -0.288.